The summed E-state index contributed by atoms with van der Waals surface area (Å²) in [5.41, 5.74) is 0.647. The molecule has 0 atom stereocenters. The number of hydrogen-bond donors (Lipinski definition) is 2. The van der Waals surface area contributed by atoms with Gasteiger partial charge in [0.2, 0.25) is 21.8 Å². The van der Waals surface area contributed by atoms with Gasteiger partial charge in [0.25, 0.3) is 0 Å². The van der Waals surface area contributed by atoms with Crippen LogP contribution in [-0.4, -0.2) is 44.7 Å². The molecule has 2 N–H and O–H groups in total. The molecule has 0 bridgehead atoms. The molecular formula is C18H19BrClN3O4S. The number of sulfonamides is 1. The molecule has 0 radical (unpaired) electrons. The first-order valence-corrected chi connectivity index (χ1v) is 10.8. The smallest absolute Gasteiger partial charge is 0.243 e. The van der Waals surface area contributed by atoms with Gasteiger partial charge in [-0.05, 0) is 48.5 Å². The molecular weight excluding hydrogens is 470 g/mol. The number of amides is 2. The van der Waals surface area contributed by atoms with Crippen LogP contribution in [0.3, 0.4) is 0 Å². The Labute approximate surface area is 177 Å². The number of carbonyl (C=O) groups is 2. The highest BCUT2D eigenvalue weighted by Crippen LogP contribution is 2.17. The summed E-state index contributed by atoms with van der Waals surface area (Å²) in [6, 6.07) is 12.8. The monoisotopic (exact) mass is 487 g/mol. The number of nitrogens with zero attached hydrogens (tertiary/aromatic N) is 1. The highest BCUT2D eigenvalue weighted by molar-refractivity contribution is 9.10. The van der Waals surface area contributed by atoms with Crippen LogP contribution in [0, 0.1) is 0 Å². The molecule has 150 valence electrons. The van der Waals surface area contributed by atoms with Gasteiger partial charge < -0.3 is 10.6 Å². The average molecular weight is 489 g/mol. The van der Waals surface area contributed by atoms with Crippen molar-refractivity contribution in [1.29, 1.82) is 0 Å². The minimum atomic E-state index is -3.81. The van der Waals surface area contributed by atoms with Crippen LogP contribution in [-0.2, 0) is 19.6 Å². The highest BCUT2D eigenvalue weighted by Gasteiger charge is 2.22. The van der Waals surface area contributed by atoms with Crippen LogP contribution in [0.4, 0.5) is 5.69 Å². The first kappa shape index (κ1) is 22.4. The molecule has 2 amide bonds. The lowest BCUT2D eigenvalue weighted by molar-refractivity contribution is -0.121. The minimum Gasteiger partial charge on any atom is -0.354 e. The first-order valence-electron chi connectivity index (χ1n) is 8.22. The first-order chi connectivity index (χ1) is 13.2. The molecule has 0 spiro atoms. The number of anilines is 1. The largest absolute Gasteiger partial charge is 0.354 e. The molecule has 0 aliphatic rings. The third kappa shape index (κ3) is 6.59. The molecule has 2 aromatic rings. The Hall–Kier alpha value is -1.94. The number of likely N-dealkylation sites (N-methyl/N-ethyl adjacent to an activating group) is 1. The van der Waals surface area contributed by atoms with Crippen molar-refractivity contribution in [3.05, 3.63) is 58.0 Å². The predicted molar refractivity (Wildman–Crippen MR) is 112 cm³/mol. The zero-order chi connectivity index (χ0) is 20.7. The van der Waals surface area contributed by atoms with Gasteiger partial charge in [-0.1, -0.05) is 27.5 Å². The SMILES string of the molecule is CN(CC(=O)NCCC(=O)Nc1ccc(Br)cc1)S(=O)(=O)c1ccc(Cl)cc1. The molecule has 0 heterocycles. The molecule has 0 saturated heterocycles. The van der Waals surface area contributed by atoms with Crippen LogP contribution in [0.1, 0.15) is 6.42 Å². The maximum absolute atomic E-state index is 12.4. The molecule has 2 rings (SSSR count). The van der Waals surface area contributed by atoms with Crippen LogP contribution in [0.15, 0.2) is 57.9 Å². The Morgan fingerprint density at radius 1 is 1.04 bits per heavy atom. The van der Waals surface area contributed by atoms with Crippen molar-refractivity contribution in [3.63, 3.8) is 0 Å². The van der Waals surface area contributed by atoms with Crippen molar-refractivity contribution in [3.8, 4) is 0 Å². The Kier molecular flexibility index (Phi) is 7.99. The average Bonchev–Trinajstić information content (AvgIpc) is 2.64. The number of rotatable bonds is 8. The second-order valence-electron chi connectivity index (χ2n) is 5.87. The fraction of sp³-hybridized carbons (Fsp3) is 0.222. The predicted octanol–water partition coefficient (Wildman–Crippen LogP) is 2.87. The van der Waals surface area contributed by atoms with Crippen LogP contribution in [0.2, 0.25) is 5.02 Å². The van der Waals surface area contributed by atoms with Gasteiger partial charge in [0.05, 0.1) is 11.4 Å². The van der Waals surface area contributed by atoms with Crippen molar-refractivity contribution in [2.75, 3.05) is 25.5 Å². The van der Waals surface area contributed by atoms with Gasteiger partial charge in [-0.25, -0.2) is 8.42 Å². The van der Waals surface area contributed by atoms with E-state index in [1.54, 1.807) is 24.3 Å². The van der Waals surface area contributed by atoms with Gasteiger partial charge in [0.1, 0.15) is 0 Å². The fourth-order valence-corrected chi connectivity index (χ4v) is 3.72. The lowest BCUT2D eigenvalue weighted by Crippen LogP contribution is -2.39. The van der Waals surface area contributed by atoms with Crippen LogP contribution in [0.5, 0.6) is 0 Å². The minimum absolute atomic E-state index is 0.0427. The zero-order valence-corrected chi connectivity index (χ0v) is 18.1. The third-order valence-electron chi connectivity index (χ3n) is 3.69. The number of halogens is 2. The van der Waals surface area contributed by atoms with E-state index >= 15 is 0 Å². The van der Waals surface area contributed by atoms with Crippen LogP contribution < -0.4 is 10.6 Å². The maximum atomic E-state index is 12.4. The number of carbonyl (C=O) groups excluding carboxylic acids is 2. The van der Waals surface area contributed by atoms with E-state index in [1.807, 2.05) is 0 Å². The zero-order valence-electron chi connectivity index (χ0n) is 15.0. The molecule has 7 nitrogen and oxygen atoms in total. The van der Waals surface area contributed by atoms with Crippen molar-refractivity contribution in [2.24, 2.45) is 0 Å². The molecule has 0 aliphatic heterocycles. The Bertz CT molecular complexity index is 934. The second-order valence-corrected chi connectivity index (χ2v) is 9.27. The van der Waals surface area contributed by atoms with Crippen molar-refractivity contribution < 1.29 is 18.0 Å². The van der Waals surface area contributed by atoms with Crippen LogP contribution >= 0.6 is 27.5 Å². The van der Waals surface area contributed by atoms with Gasteiger partial charge >= 0.3 is 0 Å². The quantitative estimate of drug-likeness (QED) is 0.597. The Morgan fingerprint density at radius 2 is 1.64 bits per heavy atom. The van der Waals surface area contributed by atoms with Crippen LogP contribution in [0.25, 0.3) is 0 Å². The summed E-state index contributed by atoms with van der Waals surface area (Å²) in [6.45, 7) is -0.269. The van der Waals surface area contributed by atoms with Gasteiger partial charge in [-0.2, -0.15) is 4.31 Å². The number of hydrogen-bond acceptors (Lipinski definition) is 4. The van der Waals surface area contributed by atoms with E-state index in [0.717, 1.165) is 8.78 Å². The Balaban J connectivity index is 1.79. The van der Waals surface area contributed by atoms with Gasteiger partial charge in [-0.3, -0.25) is 9.59 Å². The summed E-state index contributed by atoms with van der Waals surface area (Å²) >= 11 is 9.07. The summed E-state index contributed by atoms with van der Waals surface area (Å²) in [4.78, 5) is 23.9. The lowest BCUT2D eigenvalue weighted by atomic mass is 10.3. The molecule has 0 fully saturated rings. The van der Waals surface area contributed by atoms with Crippen molar-refractivity contribution >= 4 is 55.1 Å². The molecule has 28 heavy (non-hydrogen) atoms. The lowest BCUT2D eigenvalue weighted by Gasteiger charge is -2.17. The van der Waals surface area contributed by atoms with Gasteiger partial charge in [0.15, 0.2) is 0 Å². The van der Waals surface area contributed by atoms with Gasteiger partial charge in [-0.15, -0.1) is 0 Å². The Morgan fingerprint density at radius 3 is 2.25 bits per heavy atom. The van der Waals surface area contributed by atoms with E-state index in [-0.39, 0.29) is 30.3 Å². The highest BCUT2D eigenvalue weighted by atomic mass is 79.9. The second kappa shape index (κ2) is 10.0. The van der Waals surface area contributed by atoms with E-state index in [2.05, 4.69) is 26.6 Å². The summed E-state index contributed by atoms with van der Waals surface area (Å²) in [6.07, 6.45) is 0.0649. The standard InChI is InChI=1S/C18H19BrClN3O4S/c1-23(28(26,27)16-8-4-14(20)5-9-16)12-18(25)21-11-10-17(24)22-15-6-2-13(19)3-7-15/h2-9H,10-12H2,1H3,(H,21,25)(H,22,24). The maximum Gasteiger partial charge on any atom is 0.243 e. The molecule has 2 aromatic carbocycles. The van der Waals surface area contributed by atoms with E-state index in [1.165, 1.54) is 31.3 Å². The van der Waals surface area contributed by atoms with Crippen molar-refractivity contribution in [1.82, 2.24) is 9.62 Å². The van der Waals surface area contributed by atoms with E-state index in [4.69, 9.17) is 11.6 Å². The van der Waals surface area contributed by atoms with Crippen molar-refractivity contribution in [2.45, 2.75) is 11.3 Å². The number of benzene rings is 2. The fourth-order valence-electron chi connectivity index (χ4n) is 2.20. The molecule has 0 aliphatic carbocycles. The molecule has 0 aromatic heterocycles. The van der Waals surface area contributed by atoms with E-state index in [9.17, 15) is 18.0 Å². The molecule has 10 heteroatoms. The summed E-state index contributed by atoms with van der Waals surface area (Å²) in [5.74, 6) is -0.763. The van der Waals surface area contributed by atoms with E-state index in [0.29, 0.717) is 10.7 Å². The topological polar surface area (TPSA) is 95.6 Å². The summed E-state index contributed by atoms with van der Waals surface area (Å²) in [5, 5.41) is 5.66. The molecule has 0 saturated carbocycles. The number of nitrogens with one attached hydrogen (secondary N) is 2. The van der Waals surface area contributed by atoms with Gasteiger partial charge in [0, 0.05) is 35.2 Å². The summed E-state index contributed by atoms with van der Waals surface area (Å²) in [7, 11) is -2.50. The molecule has 0 unspecified atom stereocenters. The third-order valence-corrected chi connectivity index (χ3v) is 6.29. The van der Waals surface area contributed by atoms with E-state index < -0.39 is 15.9 Å². The normalized spacial score (nSPS) is 11.3. The summed E-state index contributed by atoms with van der Waals surface area (Å²) < 4.78 is 26.7.